The summed E-state index contributed by atoms with van der Waals surface area (Å²) in [5.41, 5.74) is 2.05. The molecule has 18 heavy (non-hydrogen) atoms. The Kier molecular flexibility index (Phi) is 3.91. The van der Waals surface area contributed by atoms with Crippen LogP contribution in [0.3, 0.4) is 0 Å². The molecule has 4 heteroatoms. The van der Waals surface area contributed by atoms with Crippen molar-refractivity contribution in [1.29, 1.82) is 0 Å². The van der Waals surface area contributed by atoms with E-state index in [9.17, 15) is 0 Å². The SMILES string of the molecule is CC(Cl)c1nc2cnccc2n1CC(C)C(C)C. The Hall–Kier alpha value is -1.09. The Labute approximate surface area is 113 Å². The maximum Gasteiger partial charge on any atom is 0.127 e. The number of hydrogen-bond acceptors (Lipinski definition) is 2. The molecule has 0 aliphatic rings. The van der Waals surface area contributed by atoms with E-state index >= 15 is 0 Å². The lowest BCUT2D eigenvalue weighted by molar-refractivity contribution is 0.364. The molecule has 2 rings (SSSR count). The van der Waals surface area contributed by atoms with Crippen molar-refractivity contribution in [3.05, 3.63) is 24.3 Å². The molecular formula is C14H20ClN3. The Morgan fingerprint density at radius 1 is 1.28 bits per heavy atom. The van der Waals surface area contributed by atoms with Crippen molar-refractivity contribution in [2.24, 2.45) is 11.8 Å². The summed E-state index contributed by atoms with van der Waals surface area (Å²) in [7, 11) is 0. The number of nitrogens with zero attached hydrogens (tertiary/aromatic N) is 3. The Bertz CT molecular complexity index is 531. The third kappa shape index (κ3) is 2.51. The van der Waals surface area contributed by atoms with Crippen molar-refractivity contribution in [3.8, 4) is 0 Å². The third-order valence-electron chi connectivity index (χ3n) is 3.54. The molecule has 98 valence electrons. The summed E-state index contributed by atoms with van der Waals surface area (Å²) in [6, 6.07) is 2.01. The lowest BCUT2D eigenvalue weighted by atomic mass is 9.98. The molecule has 2 aromatic heterocycles. The Balaban J connectivity index is 2.48. The van der Waals surface area contributed by atoms with E-state index in [1.54, 1.807) is 6.20 Å². The van der Waals surface area contributed by atoms with Gasteiger partial charge in [-0.3, -0.25) is 4.98 Å². The quantitative estimate of drug-likeness (QED) is 0.782. The maximum atomic E-state index is 6.24. The molecule has 0 aliphatic heterocycles. The van der Waals surface area contributed by atoms with Crippen molar-refractivity contribution in [2.45, 2.75) is 39.6 Å². The van der Waals surface area contributed by atoms with Crippen LogP contribution in [0, 0.1) is 11.8 Å². The minimum atomic E-state index is -0.0863. The van der Waals surface area contributed by atoms with Crippen LogP contribution in [0.2, 0.25) is 0 Å². The first-order valence-electron chi connectivity index (χ1n) is 6.45. The zero-order chi connectivity index (χ0) is 13.3. The molecular weight excluding hydrogens is 246 g/mol. The molecule has 0 saturated heterocycles. The first kappa shape index (κ1) is 13.3. The number of pyridine rings is 1. The molecule has 0 spiro atoms. The number of aromatic nitrogens is 3. The smallest absolute Gasteiger partial charge is 0.127 e. The van der Waals surface area contributed by atoms with Gasteiger partial charge in [0.1, 0.15) is 11.3 Å². The van der Waals surface area contributed by atoms with Crippen LogP contribution in [0.5, 0.6) is 0 Å². The predicted octanol–water partition coefficient (Wildman–Crippen LogP) is 4.02. The average molecular weight is 266 g/mol. The van der Waals surface area contributed by atoms with Crippen molar-refractivity contribution in [3.63, 3.8) is 0 Å². The summed E-state index contributed by atoms with van der Waals surface area (Å²) in [6.07, 6.45) is 3.61. The molecule has 2 heterocycles. The molecule has 0 aliphatic carbocycles. The molecule has 0 bridgehead atoms. The fourth-order valence-electron chi connectivity index (χ4n) is 1.99. The van der Waals surface area contributed by atoms with E-state index in [2.05, 4.69) is 35.3 Å². The van der Waals surface area contributed by atoms with Gasteiger partial charge in [-0.2, -0.15) is 0 Å². The topological polar surface area (TPSA) is 30.7 Å². The molecule has 0 saturated carbocycles. The highest BCUT2D eigenvalue weighted by atomic mass is 35.5. The molecule has 0 amide bonds. The fourth-order valence-corrected chi connectivity index (χ4v) is 2.16. The zero-order valence-corrected chi connectivity index (χ0v) is 12.1. The van der Waals surface area contributed by atoms with Crippen LogP contribution in [0.15, 0.2) is 18.5 Å². The second-order valence-electron chi connectivity index (χ2n) is 5.28. The highest BCUT2D eigenvalue weighted by Gasteiger charge is 2.17. The average Bonchev–Trinajstić information content (AvgIpc) is 2.68. The molecule has 2 unspecified atom stereocenters. The summed E-state index contributed by atoms with van der Waals surface area (Å²) in [6.45, 7) is 9.67. The first-order valence-corrected chi connectivity index (χ1v) is 6.88. The Morgan fingerprint density at radius 2 is 2.00 bits per heavy atom. The van der Waals surface area contributed by atoms with Crippen molar-refractivity contribution in [1.82, 2.24) is 14.5 Å². The van der Waals surface area contributed by atoms with Gasteiger partial charge < -0.3 is 4.57 Å². The van der Waals surface area contributed by atoms with Crippen molar-refractivity contribution >= 4 is 22.6 Å². The van der Waals surface area contributed by atoms with Gasteiger partial charge in [-0.15, -0.1) is 11.6 Å². The lowest BCUT2D eigenvalue weighted by Crippen LogP contribution is -2.15. The minimum Gasteiger partial charge on any atom is -0.326 e. The summed E-state index contributed by atoms with van der Waals surface area (Å²) in [5, 5.41) is -0.0863. The molecule has 0 fully saturated rings. The van der Waals surface area contributed by atoms with Crippen LogP contribution in [0.1, 0.15) is 38.9 Å². The van der Waals surface area contributed by atoms with E-state index in [1.165, 1.54) is 0 Å². The van der Waals surface area contributed by atoms with Gasteiger partial charge in [-0.1, -0.05) is 20.8 Å². The zero-order valence-electron chi connectivity index (χ0n) is 11.4. The highest BCUT2D eigenvalue weighted by Crippen LogP contribution is 2.26. The van der Waals surface area contributed by atoms with E-state index in [0.717, 1.165) is 23.4 Å². The van der Waals surface area contributed by atoms with Crippen molar-refractivity contribution < 1.29 is 0 Å². The van der Waals surface area contributed by atoms with E-state index in [1.807, 2.05) is 19.2 Å². The first-order chi connectivity index (χ1) is 8.50. The van der Waals surface area contributed by atoms with Crippen LogP contribution >= 0.6 is 11.6 Å². The fraction of sp³-hybridized carbons (Fsp3) is 0.571. The summed E-state index contributed by atoms with van der Waals surface area (Å²) < 4.78 is 2.24. The summed E-state index contributed by atoms with van der Waals surface area (Å²) >= 11 is 6.24. The van der Waals surface area contributed by atoms with Crippen LogP contribution in [0.4, 0.5) is 0 Å². The van der Waals surface area contributed by atoms with E-state index in [-0.39, 0.29) is 5.38 Å². The van der Waals surface area contributed by atoms with Gasteiger partial charge in [-0.05, 0) is 24.8 Å². The van der Waals surface area contributed by atoms with E-state index < -0.39 is 0 Å². The standard InChI is InChI=1S/C14H20ClN3/c1-9(2)10(3)8-18-13-5-6-16-7-12(13)17-14(18)11(4)15/h5-7,9-11H,8H2,1-4H3. The van der Waals surface area contributed by atoms with Crippen LogP contribution < -0.4 is 0 Å². The number of imidazole rings is 1. The molecule has 3 nitrogen and oxygen atoms in total. The second-order valence-corrected chi connectivity index (χ2v) is 5.94. The lowest BCUT2D eigenvalue weighted by Gasteiger charge is -2.19. The van der Waals surface area contributed by atoms with E-state index in [0.29, 0.717) is 11.8 Å². The number of alkyl halides is 1. The van der Waals surface area contributed by atoms with Gasteiger partial charge in [0, 0.05) is 12.7 Å². The van der Waals surface area contributed by atoms with E-state index in [4.69, 9.17) is 11.6 Å². The molecule has 0 radical (unpaired) electrons. The van der Waals surface area contributed by atoms with Gasteiger partial charge in [0.2, 0.25) is 0 Å². The van der Waals surface area contributed by atoms with Gasteiger partial charge in [-0.25, -0.2) is 4.98 Å². The van der Waals surface area contributed by atoms with Crippen LogP contribution in [0.25, 0.3) is 11.0 Å². The molecule has 2 atom stereocenters. The van der Waals surface area contributed by atoms with Gasteiger partial charge in [0.15, 0.2) is 0 Å². The number of hydrogen-bond donors (Lipinski definition) is 0. The van der Waals surface area contributed by atoms with Gasteiger partial charge in [0.25, 0.3) is 0 Å². The maximum absolute atomic E-state index is 6.24. The largest absolute Gasteiger partial charge is 0.326 e. The minimum absolute atomic E-state index is 0.0863. The van der Waals surface area contributed by atoms with Crippen LogP contribution in [-0.4, -0.2) is 14.5 Å². The van der Waals surface area contributed by atoms with Gasteiger partial charge in [0.05, 0.1) is 17.1 Å². The van der Waals surface area contributed by atoms with Crippen molar-refractivity contribution in [2.75, 3.05) is 0 Å². The number of halogens is 1. The monoisotopic (exact) mass is 265 g/mol. The molecule has 0 N–H and O–H groups in total. The highest BCUT2D eigenvalue weighted by molar-refractivity contribution is 6.20. The Morgan fingerprint density at radius 3 is 2.61 bits per heavy atom. The number of fused-ring (bicyclic) bond motifs is 1. The molecule has 2 aromatic rings. The summed E-state index contributed by atoms with van der Waals surface area (Å²) in [4.78, 5) is 8.72. The predicted molar refractivity (Wildman–Crippen MR) is 75.8 cm³/mol. The number of rotatable bonds is 4. The second kappa shape index (κ2) is 5.27. The summed E-state index contributed by atoms with van der Waals surface area (Å²) in [5.74, 6) is 2.17. The molecule has 0 aromatic carbocycles. The normalized spacial score (nSPS) is 15.2. The van der Waals surface area contributed by atoms with Gasteiger partial charge >= 0.3 is 0 Å². The third-order valence-corrected chi connectivity index (χ3v) is 3.74. The van der Waals surface area contributed by atoms with Crippen LogP contribution in [-0.2, 0) is 6.54 Å².